The van der Waals surface area contributed by atoms with Crippen molar-refractivity contribution in [3.63, 3.8) is 0 Å². The predicted octanol–water partition coefficient (Wildman–Crippen LogP) is 2.32. The van der Waals surface area contributed by atoms with E-state index in [0.29, 0.717) is 0 Å². The van der Waals surface area contributed by atoms with Crippen LogP contribution in [0.25, 0.3) is 0 Å². The average Bonchev–Trinajstić information content (AvgIpc) is 2.32. The highest BCUT2D eigenvalue weighted by atomic mass is 35.5. The van der Waals surface area contributed by atoms with Crippen LogP contribution in [0.2, 0.25) is 10.0 Å². The standard InChI is InChI=1S/C12H8Cl2N2O2/c1-16-6-7(10(17)5-15-16)12(18)11-8(13)3-2-4-9(11)14/h2-6H,1H3. The maximum Gasteiger partial charge on any atom is 0.211 e. The number of aromatic nitrogens is 2. The molecule has 0 amide bonds. The van der Waals surface area contributed by atoms with Crippen LogP contribution in [0.15, 0.2) is 35.4 Å². The second kappa shape index (κ2) is 4.92. The topological polar surface area (TPSA) is 52.0 Å². The van der Waals surface area contributed by atoms with Crippen molar-refractivity contribution in [3.05, 3.63) is 62.0 Å². The summed E-state index contributed by atoms with van der Waals surface area (Å²) in [5.74, 6) is -0.506. The maximum atomic E-state index is 12.3. The number of halogens is 2. The summed E-state index contributed by atoms with van der Waals surface area (Å²) in [6, 6.07) is 4.73. The minimum Gasteiger partial charge on any atom is -0.288 e. The molecule has 0 radical (unpaired) electrons. The molecule has 0 fully saturated rings. The highest BCUT2D eigenvalue weighted by Gasteiger charge is 2.19. The number of hydrogen-bond acceptors (Lipinski definition) is 3. The molecule has 2 aromatic rings. The number of benzene rings is 1. The molecule has 1 aromatic carbocycles. The smallest absolute Gasteiger partial charge is 0.211 e. The molecule has 0 spiro atoms. The van der Waals surface area contributed by atoms with E-state index in [-0.39, 0.29) is 21.2 Å². The van der Waals surface area contributed by atoms with Gasteiger partial charge in [0.25, 0.3) is 0 Å². The molecular formula is C12H8Cl2N2O2. The molecule has 0 aliphatic rings. The summed E-state index contributed by atoms with van der Waals surface area (Å²) in [6.07, 6.45) is 2.43. The Balaban J connectivity index is 2.62. The van der Waals surface area contributed by atoms with Crippen molar-refractivity contribution in [3.8, 4) is 0 Å². The molecule has 18 heavy (non-hydrogen) atoms. The van der Waals surface area contributed by atoms with Crippen molar-refractivity contribution in [2.24, 2.45) is 7.05 Å². The van der Waals surface area contributed by atoms with Gasteiger partial charge in [-0.3, -0.25) is 14.3 Å². The Morgan fingerprint density at radius 2 is 1.89 bits per heavy atom. The zero-order chi connectivity index (χ0) is 13.3. The lowest BCUT2D eigenvalue weighted by atomic mass is 10.1. The van der Waals surface area contributed by atoms with Gasteiger partial charge in [0.2, 0.25) is 11.2 Å². The van der Waals surface area contributed by atoms with E-state index in [0.717, 1.165) is 6.20 Å². The van der Waals surface area contributed by atoms with Crippen molar-refractivity contribution in [2.45, 2.75) is 0 Å². The van der Waals surface area contributed by atoms with Crippen LogP contribution in [0, 0.1) is 0 Å². The fourth-order valence-electron chi connectivity index (χ4n) is 1.52. The number of ketones is 1. The molecule has 0 bridgehead atoms. The Hall–Kier alpha value is -1.65. The van der Waals surface area contributed by atoms with E-state index in [4.69, 9.17) is 23.2 Å². The van der Waals surface area contributed by atoms with E-state index in [1.54, 1.807) is 25.2 Å². The molecule has 0 saturated carbocycles. The maximum absolute atomic E-state index is 12.3. The summed E-state index contributed by atoms with van der Waals surface area (Å²) in [4.78, 5) is 23.9. The van der Waals surface area contributed by atoms with Crippen LogP contribution < -0.4 is 5.43 Å². The number of rotatable bonds is 2. The van der Waals surface area contributed by atoms with Crippen molar-refractivity contribution < 1.29 is 4.79 Å². The fraction of sp³-hybridized carbons (Fsp3) is 0.0833. The van der Waals surface area contributed by atoms with Gasteiger partial charge in [0.05, 0.1) is 27.4 Å². The molecule has 0 N–H and O–H groups in total. The third-order valence-electron chi connectivity index (χ3n) is 2.37. The van der Waals surface area contributed by atoms with Gasteiger partial charge in [0.1, 0.15) is 0 Å². The number of nitrogens with zero attached hydrogens (tertiary/aromatic N) is 2. The molecule has 92 valence electrons. The zero-order valence-electron chi connectivity index (χ0n) is 9.35. The third kappa shape index (κ3) is 2.30. The van der Waals surface area contributed by atoms with E-state index >= 15 is 0 Å². The summed E-state index contributed by atoms with van der Waals surface area (Å²) in [6.45, 7) is 0. The van der Waals surface area contributed by atoms with E-state index in [9.17, 15) is 9.59 Å². The highest BCUT2D eigenvalue weighted by Crippen LogP contribution is 2.25. The molecule has 0 atom stereocenters. The van der Waals surface area contributed by atoms with Crippen LogP contribution in [0.3, 0.4) is 0 Å². The first-order valence-corrected chi connectivity index (χ1v) is 5.78. The SMILES string of the molecule is Cn1cc(C(=O)c2c(Cl)cccc2Cl)c(=O)cn1. The normalized spacial score (nSPS) is 10.4. The van der Waals surface area contributed by atoms with E-state index in [2.05, 4.69) is 5.10 Å². The third-order valence-corrected chi connectivity index (χ3v) is 3.00. The first-order chi connectivity index (χ1) is 8.50. The monoisotopic (exact) mass is 282 g/mol. The lowest BCUT2D eigenvalue weighted by Crippen LogP contribution is -2.19. The molecule has 1 aromatic heterocycles. The van der Waals surface area contributed by atoms with Crippen molar-refractivity contribution >= 4 is 29.0 Å². The van der Waals surface area contributed by atoms with Gasteiger partial charge in [0.15, 0.2) is 0 Å². The number of aryl methyl sites for hydroxylation is 1. The van der Waals surface area contributed by atoms with Crippen LogP contribution in [0.5, 0.6) is 0 Å². The summed E-state index contributed by atoms with van der Waals surface area (Å²) >= 11 is 11.9. The molecular weight excluding hydrogens is 275 g/mol. The molecule has 6 heteroatoms. The lowest BCUT2D eigenvalue weighted by Gasteiger charge is -2.06. The molecule has 0 unspecified atom stereocenters. The van der Waals surface area contributed by atoms with Gasteiger partial charge in [-0.1, -0.05) is 29.3 Å². The summed E-state index contributed by atoms with van der Waals surface area (Å²) in [5.41, 5.74) is -0.347. The van der Waals surface area contributed by atoms with Gasteiger partial charge < -0.3 is 0 Å². The van der Waals surface area contributed by atoms with Gasteiger partial charge in [-0.25, -0.2) is 0 Å². The van der Waals surface area contributed by atoms with Crippen LogP contribution in [0.4, 0.5) is 0 Å². The molecule has 0 aliphatic carbocycles. The second-order valence-electron chi connectivity index (χ2n) is 3.65. The summed E-state index contributed by atoms with van der Waals surface area (Å²) in [5, 5.41) is 4.17. The average molecular weight is 283 g/mol. The van der Waals surface area contributed by atoms with Crippen LogP contribution in [-0.2, 0) is 7.05 Å². The Morgan fingerprint density at radius 1 is 1.28 bits per heavy atom. The van der Waals surface area contributed by atoms with Crippen molar-refractivity contribution in [1.82, 2.24) is 9.78 Å². The Labute approximate surface area is 113 Å². The second-order valence-corrected chi connectivity index (χ2v) is 4.47. The van der Waals surface area contributed by atoms with Gasteiger partial charge in [-0.15, -0.1) is 0 Å². The first-order valence-electron chi connectivity index (χ1n) is 5.02. The van der Waals surface area contributed by atoms with Crippen LogP contribution in [-0.4, -0.2) is 15.6 Å². The minimum atomic E-state index is -0.506. The minimum absolute atomic E-state index is 0.0116. The summed E-state index contributed by atoms with van der Waals surface area (Å²) in [7, 11) is 1.62. The summed E-state index contributed by atoms with van der Waals surface area (Å²) < 4.78 is 1.37. The van der Waals surface area contributed by atoms with Crippen LogP contribution >= 0.6 is 23.2 Å². The fourth-order valence-corrected chi connectivity index (χ4v) is 2.09. The quantitative estimate of drug-likeness (QED) is 0.795. The van der Waals surface area contributed by atoms with E-state index in [1.165, 1.54) is 10.9 Å². The zero-order valence-corrected chi connectivity index (χ0v) is 10.9. The number of carbonyl (C=O) groups excluding carboxylic acids is 1. The molecule has 4 nitrogen and oxygen atoms in total. The lowest BCUT2D eigenvalue weighted by molar-refractivity contribution is 0.103. The largest absolute Gasteiger partial charge is 0.288 e. The van der Waals surface area contributed by atoms with Gasteiger partial charge >= 0.3 is 0 Å². The number of carbonyl (C=O) groups is 1. The Morgan fingerprint density at radius 3 is 2.50 bits per heavy atom. The van der Waals surface area contributed by atoms with Gasteiger partial charge in [-0.2, -0.15) is 5.10 Å². The first kappa shape index (κ1) is 12.8. The highest BCUT2D eigenvalue weighted by molar-refractivity contribution is 6.40. The predicted molar refractivity (Wildman–Crippen MR) is 69.4 cm³/mol. The molecule has 1 heterocycles. The van der Waals surface area contributed by atoms with Gasteiger partial charge in [0, 0.05) is 13.2 Å². The molecule has 2 rings (SSSR count). The number of hydrogen-bond donors (Lipinski definition) is 0. The van der Waals surface area contributed by atoms with Crippen molar-refractivity contribution in [2.75, 3.05) is 0 Å². The molecule has 0 aliphatic heterocycles. The van der Waals surface area contributed by atoms with Crippen LogP contribution in [0.1, 0.15) is 15.9 Å². The van der Waals surface area contributed by atoms with E-state index in [1.807, 2.05) is 0 Å². The Kier molecular flexibility index (Phi) is 3.50. The van der Waals surface area contributed by atoms with Crippen molar-refractivity contribution in [1.29, 1.82) is 0 Å². The Bertz CT molecular complexity index is 660. The molecule has 0 saturated heterocycles. The van der Waals surface area contributed by atoms with Gasteiger partial charge in [-0.05, 0) is 12.1 Å². The van der Waals surface area contributed by atoms with E-state index < -0.39 is 11.2 Å².